The third kappa shape index (κ3) is 11.2. The van der Waals surface area contributed by atoms with Gasteiger partial charge in [0.15, 0.2) is 5.96 Å². The average molecular weight is 440 g/mol. The molecule has 0 saturated carbocycles. The summed E-state index contributed by atoms with van der Waals surface area (Å²) in [6.07, 6.45) is 4.78. The smallest absolute Gasteiger partial charge is 0.191 e. The van der Waals surface area contributed by atoms with Gasteiger partial charge in [0.05, 0.1) is 6.61 Å². The molecule has 0 aromatic heterocycles. The van der Waals surface area contributed by atoms with Crippen molar-refractivity contribution in [2.75, 3.05) is 46.4 Å². The maximum absolute atomic E-state index is 5.62. The number of likely N-dealkylation sites (tertiary alicyclic amines) is 1. The second-order valence-corrected chi connectivity index (χ2v) is 6.55. The lowest BCUT2D eigenvalue weighted by molar-refractivity contribution is 0.128. The van der Waals surface area contributed by atoms with E-state index in [2.05, 4.69) is 41.3 Å². The van der Waals surface area contributed by atoms with Gasteiger partial charge in [0.1, 0.15) is 0 Å². The lowest BCUT2D eigenvalue weighted by atomic mass is 10.1. The van der Waals surface area contributed by atoms with E-state index in [1.807, 2.05) is 7.05 Å². The van der Waals surface area contributed by atoms with Crippen molar-refractivity contribution < 1.29 is 4.74 Å². The van der Waals surface area contributed by atoms with Crippen LogP contribution in [-0.4, -0.2) is 63.3 Å². The Morgan fingerprint density at radius 1 is 1.26 bits per heavy atom. The van der Waals surface area contributed by atoms with Crippen molar-refractivity contribution >= 4 is 29.9 Å². The molecule has 1 rings (SSSR count). The van der Waals surface area contributed by atoms with Crippen LogP contribution in [0.25, 0.3) is 0 Å². The van der Waals surface area contributed by atoms with E-state index in [1.54, 1.807) is 0 Å². The molecule has 0 aliphatic carbocycles. The molecule has 6 heteroatoms. The molecule has 2 N–H and O–H groups in total. The summed E-state index contributed by atoms with van der Waals surface area (Å²) in [5.74, 6) is 1.61. The van der Waals surface area contributed by atoms with Crippen LogP contribution < -0.4 is 10.6 Å². The van der Waals surface area contributed by atoms with E-state index >= 15 is 0 Å². The molecule has 1 aliphatic heterocycles. The van der Waals surface area contributed by atoms with Gasteiger partial charge in [0, 0.05) is 39.3 Å². The van der Waals surface area contributed by atoms with Gasteiger partial charge in [-0.3, -0.25) is 4.99 Å². The summed E-state index contributed by atoms with van der Waals surface area (Å²) in [5.41, 5.74) is 0. The largest absolute Gasteiger partial charge is 0.380 e. The van der Waals surface area contributed by atoms with E-state index in [9.17, 15) is 0 Å². The second kappa shape index (κ2) is 14.3. The predicted molar refractivity (Wildman–Crippen MR) is 110 cm³/mol. The third-order valence-corrected chi connectivity index (χ3v) is 4.07. The van der Waals surface area contributed by atoms with Crippen molar-refractivity contribution in [3.63, 3.8) is 0 Å². The summed E-state index contributed by atoms with van der Waals surface area (Å²) < 4.78 is 5.62. The first-order valence-electron chi connectivity index (χ1n) is 8.93. The van der Waals surface area contributed by atoms with Crippen LogP contribution in [0.1, 0.15) is 46.5 Å². The quantitative estimate of drug-likeness (QED) is 0.251. The van der Waals surface area contributed by atoms with Gasteiger partial charge in [-0.2, -0.15) is 0 Å². The first-order valence-corrected chi connectivity index (χ1v) is 8.93. The molecule has 0 radical (unpaired) electrons. The number of hydrogen-bond acceptors (Lipinski definition) is 3. The van der Waals surface area contributed by atoms with Gasteiger partial charge in [-0.25, -0.2) is 0 Å². The van der Waals surface area contributed by atoms with Gasteiger partial charge in [-0.15, -0.1) is 24.0 Å². The number of rotatable bonds is 9. The van der Waals surface area contributed by atoms with E-state index in [-0.39, 0.29) is 24.0 Å². The van der Waals surface area contributed by atoms with E-state index in [0.717, 1.165) is 32.1 Å². The Bertz CT molecular complexity index is 305. The number of aliphatic imine (C=N–C) groups is 1. The topological polar surface area (TPSA) is 48.9 Å². The minimum atomic E-state index is 0. The van der Waals surface area contributed by atoms with Crippen molar-refractivity contribution in [1.29, 1.82) is 0 Å². The molecule has 138 valence electrons. The molecule has 0 spiro atoms. The molecular weight excluding hydrogens is 403 g/mol. The maximum Gasteiger partial charge on any atom is 0.191 e. The molecule has 0 unspecified atom stereocenters. The van der Waals surface area contributed by atoms with Crippen LogP contribution in [0.3, 0.4) is 0 Å². The lowest BCUT2D eigenvalue weighted by Crippen LogP contribution is -2.49. The van der Waals surface area contributed by atoms with Gasteiger partial charge in [0.2, 0.25) is 0 Å². The Labute approximate surface area is 160 Å². The minimum Gasteiger partial charge on any atom is -0.380 e. The predicted octanol–water partition coefficient (Wildman–Crippen LogP) is 2.71. The number of nitrogens with one attached hydrogen (secondary N) is 2. The van der Waals surface area contributed by atoms with Crippen LogP contribution in [0.2, 0.25) is 0 Å². The first kappa shape index (κ1) is 22.9. The third-order valence-electron chi connectivity index (χ3n) is 4.07. The summed E-state index contributed by atoms with van der Waals surface area (Å²) in [7, 11) is 1.83. The maximum atomic E-state index is 5.62. The highest BCUT2D eigenvalue weighted by molar-refractivity contribution is 14.0. The zero-order chi connectivity index (χ0) is 16.2. The molecule has 1 saturated heterocycles. The monoisotopic (exact) mass is 440 g/mol. The second-order valence-electron chi connectivity index (χ2n) is 6.55. The van der Waals surface area contributed by atoms with Crippen LogP contribution >= 0.6 is 24.0 Å². The Balaban J connectivity index is 0.00000484. The summed E-state index contributed by atoms with van der Waals surface area (Å²) in [4.78, 5) is 6.86. The normalized spacial score (nSPS) is 17.2. The molecule has 0 atom stereocenters. The summed E-state index contributed by atoms with van der Waals surface area (Å²) >= 11 is 0. The summed E-state index contributed by atoms with van der Waals surface area (Å²) in [6, 6.07) is 0.543. The van der Waals surface area contributed by atoms with E-state index in [4.69, 9.17) is 4.74 Å². The van der Waals surface area contributed by atoms with Gasteiger partial charge < -0.3 is 20.3 Å². The van der Waals surface area contributed by atoms with Crippen LogP contribution in [-0.2, 0) is 4.74 Å². The summed E-state index contributed by atoms with van der Waals surface area (Å²) in [5, 5.41) is 6.88. The number of nitrogens with zero attached hydrogens (tertiary/aromatic N) is 2. The van der Waals surface area contributed by atoms with Crippen molar-refractivity contribution in [3.8, 4) is 0 Å². The van der Waals surface area contributed by atoms with Gasteiger partial charge >= 0.3 is 0 Å². The van der Waals surface area contributed by atoms with Crippen LogP contribution in [0.15, 0.2) is 4.99 Å². The number of hydrogen-bond donors (Lipinski definition) is 2. The highest BCUT2D eigenvalue weighted by Crippen LogP contribution is 2.10. The average Bonchev–Trinajstić information content (AvgIpc) is 2.51. The Hall–Kier alpha value is -0.0800. The molecule has 23 heavy (non-hydrogen) atoms. The molecule has 1 aliphatic rings. The Morgan fingerprint density at radius 2 is 1.96 bits per heavy atom. The van der Waals surface area contributed by atoms with E-state index < -0.39 is 0 Å². The van der Waals surface area contributed by atoms with Gasteiger partial charge in [-0.1, -0.05) is 20.8 Å². The number of ether oxygens (including phenoxy) is 1. The molecule has 0 aromatic rings. The number of halogens is 1. The Morgan fingerprint density at radius 3 is 2.52 bits per heavy atom. The molecule has 0 bridgehead atoms. The van der Waals surface area contributed by atoms with E-state index in [1.165, 1.54) is 38.9 Å². The van der Waals surface area contributed by atoms with Crippen molar-refractivity contribution in [2.45, 2.75) is 52.5 Å². The zero-order valence-corrected chi connectivity index (χ0v) is 17.8. The fourth-order valence-electron chi connectivity index (χ4n) is 2.67. The molecular formula is C17H37IN4O. The zero-order valence-electron chi connectivity index (χ0n) is 15.4. The number of guanidine groups is 1. The fraction of sp³-hybridized carbons (Fsp3) is 0.941. The molecule has 1 fully saturated rings. The van der Waals surface area contributed by atoms with Crippen LogP contribution in [0.5, 0.6) is 0 Å². The fourth-order valence-corrected chi connectivity index (χ4v) is 2.67. The molecule has 1 heterocycles. The first-order chi connectivity index (χ1) is 10.7. The molecule has 0 amide bonds. The Kier molecular flexibility index (Phi) is 14.2. The number of piperidine rings is 1. The van der Waals surface area contributed by atoms with E-state index in [0.29, 0.717) is 12.0 Å². The van der Waals surface area contributed by atoms with Crippen LogP contribution in [0.4, 0.5) is 0 Å². The van der Waals surface area contributed by atoms with Crippen molar-refractivity contribution in [2.24, 2.45) is 10.9 Å². The lowest BCUT2D eigenvalue weighted by Gasteiger charge is -2.32. The van der Waals surface area contributed by atoms with Gasteiger partial charge in [-0.05, 0) is 38.1 Å². The SMILES string of the molecule is CCCN1CCC(NC(=NC)NCCOCCC(C)C)CC1.I. The van der Waals surface area contributed by atoms with Crippen molar-refractivity contribution in [1.82, 2.24) is 15.5 Å². The highest BCUT2D eigenvalue weighted by atomic mass is 127. The summed E-state index contributed by atoms with van der Waals surface area (Å²) in [6.45, 7) is 12.7. The highest BCUT2D eigenvalue weighted by Gasteiger charge is 2.19. The molecule has 5 nitrogen and oxygen atoms in total. The van der Waals surface area contributed by atoms with Crippen LogP contribution in [0, 0.1) is 5.92 Å². The standard InChI is InChI=1S/C17H36N4O.HI/c1-5-10-21-11-6-16(7-12-21)20-17(18-4)19-9-14-22-13-8-15(2)3;/h15-16H,5-14H2,1-4H3,(H2,18,19,20);1H. The molecule has 0 aromatic carbocycles. The minimum absolute atomic E-state index is 0. The van der Waals surface area contributed by atoms with Gasteiger partial charge in [0.25, 0.3) is 0 Å². The van der Waals surface area contributed by atoms with Crippen molar-refractivity contribution in [3.05, 3.63) is 0 Å².